The number of benzene rings is 1. The van der Waals surface area contributed by atoms with Crippen molar-refractivity contribution in [1.29, 1.82) is 0 Å². The first-order valence-corrected chi connectivity index (χ1v) is 8.38. The van der Waals surface area contributed by atoms with E-state index in [4.69, 9.17) is 16.7 Å². The Bertz CT molecular complexity index is 588. The molecular weight excluding hydrogens is 305 g/mol. The molecule has 1 fully saturated rings. The third-order valence-electron chi connectivity index (χ3n) is 3.34. The number of halogens is 2. The normalized spacial score (nSPS) is 15.6. The topological polar surface area (TPSA) is 66.4 Å². The molecule has 2 N–H and O–H groups in total. The highest BCUT2D eigenvalue weighted by Crippen LogP contribution is 2.33. The Labute approximate surface area is 123 Å². The van der Waals surface area contributed by atoms with Gasteiger partial charge >= 0.3 is 0 Å². The summed E-state index contributed by atoms with van der Waals surface area (Å²) in [5, 5.41) is 8.80. The summed E-state index contributed by atoms with van der Waals surface area (Å²) in [4.78, 5) is -0.213. The zero-order valence-corrected chi connectivity index (χ0v) is 12.5. The average molecular weight is 322 g/mol. The summed E-state index contributed by atoms with van der Waals surface area (Å²) in [5.41, 5.74) is 0.0602. The first-order valence-electron chi connectivity index (χ1n) is 6.52. The summed E-state index contributed by atoms with van der Waals surface area (Å²) in [6.07, 6.45) is 4.25. The Kier molecular flexibility index (Phi) is 5.01. The van der Waals surface area contributed by atoms with Gasteiger partial charge in [-0.1, -0.05) is 24.4 Å². The van der Waals surface area contributed by atoms with E-state index < -0.39 is 22.4 Å². The molecule has 0 aromatic heterocycles. The first-order chi connectivity index (χ1) is 9.44. The third kappa shape index (κ3) is 3.91. The van der Waals surface area contributed by atoms with Crippen molar-refractivity contribution >= 4 is 21.6 Å². The molecule has 4 nitrogen and oxygen atoms in total. The van der Waals surface area contributed by atoms with Crippen LogP contribution in [-0.2, 0) is 16.6 Å². The van der Waals surface area contributed by atoms with Gasteiger partial charge < -0.3 is 5.11 Å². The van der Waals surface area contributed by atoms with Crippen molar-refractivity contribution in [1.82, 2.24) is 4.72 Å². The molecule has 0 amide bonds. The van der Waals surface area contributed by atoms with Crippen LogP contribution in [0.3, 0.4) is 0 Å². The van der Waals surface area contributed by atoms with Crippen LogP contribution in [0.15, 0.2) is 17.0 Å². The van der Waals surface area contributed by atoms with Crippen molar-refractivity contribution in [3.05, 3.63) is 28.5 Å². The maximum absolute atomic E-state index is 13.5. The molecule has 1 aliphatic rings. The number of aliphatic hydroxyl groups excluding tert-OH is 1. The average Bonchev–Trinajstić information content (AvgIpc) is 3.21. The smallest absolute Gasteiger partial charge is 0.240 e. The van der Waals surface area contributed by atoms with Crippen LogP contribution < -0.4 is 4.72 Å². The zero-order valence-electron chi connectivity index (χ0n) is 10.9. The second-order valence-electron chi connectivity index (χ2n) is 5.02. The molecule has 0 radical (unpaired) electrons. The Morgan fingerprint density at radius 3 is 2.70 bits per heavy atom. The van der Waals surface area contributed by atoms with Crippen molar-refractivity contribution in [3.8, 4) is 0 Å². The quantitative estimate of drug-likeness (QED) is 0.758. The van der Waals surface area contributed by atoms with Crippen LogP contribution in [0.25, 0.3) is 0 Å². The molecule has 0 spiro atoms. The molecule has 112 valence electrons. The van der Waals surface area contributed by atoms with Gasteiger partial charge in [0.05, 0.1) is 16.5 Å². The van der Waals surface area contributed by atoms with Crippen LogP contribution in [0.1, 0.15) is 31.2 Å². The molecule has 2 rings (SSSR count). The number of aliphatic hydroxyl groups is 1. The van der Waals surface area contributed by atoms with Crippen LogP contribution in [-0.4, -0.2) is 20.1 Å². The van der Waals surface area contributed by atoms with Crippen LogP contribution in [0, 0.1) is 11.7 Å². The predicted octanol–water partition coefficient (Wildman–Crippen LogP) is 2.44. The number of rotatable bonds is 7. The van der Waals surface area contributed by atoms with Gasteiger partial charge in [-0.05, 0) is 30.9 Å². The Hall–Kier alpha value is -0.690. The Morgan fingerprint density at radius 2 is 2.10 bits per heavy atom. The summed E-state index contributed by atoms with van der Waals surface area (Å²) >= 11 is 5.63. The number of hydrogen-bond acceptors (Lipinski definition) is 3. The van der Waals surface area contributed by atoms with Gasteiger partial charge in [-0.15, -0.1) is 0 Å². The minimum absolute atomic E-state index is 0.0602. The van der Waals surface area contributed by atoms with Crippen LogP contribution >= 0.6 is 11.6 Å². The fourth-order valence-corrected chi connectivity index (χ4v) is 3.28. The van der Waals surface area contributed by atoms with Gasteiger partial charge in [0.25, 0.3) is 0 Å². The minimum atomic E-state index is -3.77. The molecular formula is C13H17ClFNO3S. The van der Waals surface area contributed by atoms with Crippen molar-refractivity contribution in [3.63, 3.8) is 0 Å². The minimum Gasteiger partial charge on any atom is -0.392 e. The van der Waals surface area contributed by atoms with Crippen molar-refractivity contribution in [2.45, 2.75) is 37.2 Å². The monoisotopic (exact) mass is 321 g/mol. The van der Waals surface area contributed by atoms with E-state index in [1.54, 1.807) is 0 Å². The number of sulfonamides is 1. The Morgan fingerprint density at radius 1 is 1.40 bits per heavy atom. The van der Waals surface area contributed by atoms with Gasteiger partial charge in [-0.25, -0.2) is 17.5 Å². The molecule has 0 atom stereocenters. The predicted molar refractivity (Wildman–Crippen MR) is 74.5 cm³/mol. The maximum atomic E-state index is 13.5. The highest BCUT2D eigenvalue weighted by atomic mass is 35.5. The fourth-order valence-electron chi connectivity index (χ4n) is 1.98. The fraction of sp³-hybridized carbons (Fsp3) is 0.538. The SMILES string of the molecule is O=S(=O)(NCCCC1CC1)c1cc(F)c(Cl)c(CO)c1. The summed E-state index contributed by atoms with van der Waals surface area (Å²) in [7, 11) is -3.77. The molecule has 20 heavy (non-hydrogen) atoms. The van der Waals surface area contributed by atoms with Crippen molar-refractivity contribution in [2.24, 2.45) is 5.92 Å². The van der Waals surface area contributed by atoms with E-state index in [9.17, 15) is 12.8 Å². The lowest BCUT2D eigenvalue weighted by atomic mass is 10.2. The molecule has 7 heteroatoms. The largest absolute Gasteiger partial charge is 0.392 e. The van der Waals surface area contributed by atoms with Crippen LogP contribution in [0.2, 0.25) is 5.02 Å². The number of nitrogens with one attached hydrogen (secondary N) is 1. The molecule has 1 aromatic rings. The molecule has 1 aromatic carbocycles. The lowest BCUT2D eigenvalue weighted by molar-refractivity contribution is 0.281. The lowest BCUT2D eigenvalue weighted by Crippen LogP contribution is -2.25. The highest BCUT2D eigenvalue weighted by Gasteiger charge is 2.21. The van der Waals surface area contributed by atoms with Gasteiger partial charge in [-0.2, -0.15) is 0 Å². The number of hydrogen-bond donors (Lipinski definition) is 2. The van der Waals surface area contributed by atoms with E-state index in [2.05, 4.69) is 4.72 Å². The standard InChI is InChI=1S/C13H17ClFNO3S/c14-13-10(8-17)6-11(7-12(13)15)20(18,19)16-5-1-2-9-3-4-9/h6-7,9,16-17H,1-5,8H2. The molecule has 0 bridgehead atoms. The summed E-state index contributed by atoms with van der Waals surface area (Å²) in [6, 6.07) is 2.05. The molecule has 0 heterocycles. The van der Waals surface area contributed by atoms with Gasteiger partial charge in [0.1, 0.15) is 5.82 Å². The molecule has 0 aliphatic heterocycles. The summed E-state index contributed by atoms with van der Waals surface area (Å²) in [5.74, 6) is -0.106. The second kappa shape index (κ2) is 6.39. The Balaban J connectivity index is 2.05. The van der Waals surface area contributed by atoms with E-state index in [1.807, 2.05) is 0 Å². The van der Waals surface area contributed by atoms with Gasteiger partial charge in [0.2, 0.25) is 10.0 Å². The summed E-state index contributed by atoms with van der Waals surface area (Å²) < 4.78 is 40.0. The second-order valence-corrected chi connectivity index (χ2v) is 7.16. The van der Waals surface area contributed by atoms with Crippen molar-refractivity contribution < 1.29 is 17.9 Å². The van der Waals surface area contributed by atoms with E-state index >= 15 is 0 Å². The van der Waals surface area contributed by atoms with E-state index in [1.165, 1.54) is 18.9 Å². The van der Waals surface area contributed by atoms with E-state index in [0.29, 0.717) is 6.54 Å². The first kappa shape index (κ1) is 15.7. The molecule has 0 saturated heterocycles. The maximum Gasteiger partial charge on any atom is 0.240 e. The molecule has 1 saturated carbocycles. The van der Waals surface area contributed by atoms with E-state index in [0.717, 1.165) is 24.8 Å². The van der Waals surface area contributed by atoms with E-state index in [-0.39, 0.29) is 15.5 Å². The molecule has 0 unspecified atom stereocenters. The van der Waals surface area contributed by atoms with Gasteiger partial charge in [0, 0.05) is 12.1 Å². The summed E-state index contributed by atoms with van der Waals surface area (Å²) in [6.45, 7) is -0.182. The van der Waals surface area contributed by atoms with Gasteiger partial charge in [0.15, 0.2) is 0 Å². The lowest BCUT2D eigenvalue weighted by Gasteiger charge is -2.09. The van der Waals surface area contributed by atoms with Crippen LogP contribution in [0.5, 0.6) is 0 Å². The van der Waals surface area contributed by atoms with Crippen molar-refractivity contribution in [2.75, 3.05) is 6.54 Å². The van der Waals surface area contributed by atoms with Gasteiger partial charge in [-0.3, -0.25) is 0 Å². The third-order valence-corrected chi connectivity index (χ3v) is 5.20. The van der Waals surface area contributed by atoms with Crippen LogP contribution in [0.4, 0.5) is 4.39 Å². The highest BCUT2D eigenvalue weighted by molar-refractivity contribution is 7.89. The molecule has 1 aliphatic carbocycles. The zero-order chi connectivity index (χ0) is 14.8.